The average molecular weight is 481 g/mol. The summed E-state index contributed by atoms with van der Waals surface area (Å²) in [6.07, 6.45) is 1.83. The van der Waals surface area contributed by atoms with Gasteiger partial charge in [-0.1, -0.05) is 12.1 Å². The van der Waals surface area contributed by atoms with E-state index in [0.29, 0.717) is 49.1 Å². The molecule has 2 unspecified atom stereocenters. The number of nitrogens with one attached hydrogen (secondary N) is 1. The van der Waals surface area contributed by atoms with Crippen LogP contribution in [-0.2, 0) is 4.74 Å². The predicted molar refractivity (Wildman–Crippen MR) is 129 cm³/mol. The smallest absolute Gasteiger partial charge is 0.407 e. The number of fused-ring (bicyclic) bond motifs is 3. The van der Waals surface area contributed by atoms with Gasteiger partial charge in [-0.3, -0.25) is 0 Å². The van der Waals surface area contributed by atoms with Crippen LogP contribution >= 0.6 is 0 Å². The van der Waals surface area contributed by atoms with Gasteiger partial charge in [-0.15, -0.1) is 0 Å². The SMILES string of the molecule is COC(=O)NC1CC(c2ccc(OC)cc2)CN(c2ncnc3c4c(c(OC)cc23)OCCO4)C1. The Bertz CT molecular complexity index is 1220. The van der Waals surface area contributed by atoms with E-state index in [1.54, 1.807) is 14.2 Å². The fourth-order valence-corrected chi connectivity index (χ4v) is 4.80. The van der Waals surface area contributed by atoms with Crippen molar-refractivity contribution in [2.45, 2.75) is 18.4 Å². The number of carbonyl (C=O) groups is 1. The van der Waals surface area contributed by atoms with E-state index < -0.39 is 6.09 Å². The van der Waals surface area contributed by atoms with Gasteiger partial charge < -0.3 is 33.9 Å². The highest BCUT2D eigenvalue weighted by Gasteiger charge is 2.32. The molecule has 0 bridgehead atoms. The maximum Gasteiger partial charge on any atom is 0.407 e. The summed E-state index contributed by atoms with van der Waals surface area (Å²) < 4.78 is 27.5. The van der Waals surface area contributed by atoms with Crippen LogP contribution in [0.1, 0.15) is 17.9 Å². The molecule has 3 aromatic rings. The molecule has 1 fully saturated rings. The lowest BCUT2D eigenvalue weighted by atomic mass is 9.88. The molecule has 10 heteroatoms. The molecule has 2 aliphatic heterocycles. The predicted octanol–water partition coefficient (Wildman–Crippen LogP) is 3.14. The van der Waals surface area contributed by atoms with Gasteiger partial charge in [0.1, 0.15) is 36.6 Å². The van der Waals surface area contributed by atoms with Crippen LogP contribution in [0.25, 0.3) is 10.9 Å². The molecule has 10 nitrogen and oxygen atoms in total. The third kappa shape index (κ3) is 4.43. The van der Waals surface area contributed by atoms with Gasteiger partial charge in [0, 0.05) is 19.0 Å². The summed E-state index contributed by atoms with van der Waals surface area (Å²) in [4.78, 5) is 23.4. The lowest BCUT2D eigenvalue weighted by molar-refractivity contribution is 0.164. The number of hydrogen-bond acceptors (Lipinski definition) is 9. The molecule has 1 saturated heterocycles. The van der Waals surface area contributed by atoms with Crippen molar-refractivity contribution in [1.29, 1.82) is 0 Å². The number of anilines is 1. The van der Waals surface area contributed by atoms with E-state index in [0.717, 1.165) is 28.9 Å². The second kappa shape index (κ2) is 9.73. The van der Waals surface area contributed by atoms with Gasteiger partial charge in [0.25, 0.3) is 0 Å². The lowest BCUT2D eigenvalue weighted by Gasteiger charge is -2.39. The Hall–Kier alpha value is -3.95. The molecular formula is C25H28N4O6. The monoisotopic (exact) mass is 480 g/mol. The second-order valence-electron chi connectivity index (χ2n) is 8.47. The number of carbonyl (C=O) groups excluding carboxylic acids is 1. The molecule has 3 heterocycles. The molecule has 2 aliphatic rings. The molecule has 1 aromatic heterocycles. The number of piperidine rings is 1. The van der Waals surface area contributed by atoms with Crippen molar-refractivity contribution in [1.82, 2.24) is 15.3 Å². The first-order valence-electron chi connectivity index (χ1n) is 11.5. The fourth-order valence-electron chi connectivity index (χ4n) is 4.80. The summed E-state index contributed by atoms with van der Waals surface area (Å²) in [5.74, 6) is 3.35. The standard InChI is InChI=1S/C25H28N4O6/c1-31-18-6-4-15(5-7-18)16-10-17(28-25(30)33-3)13-29(12-16)24-19-11-20(32-2)22-23(35-9-8-34-22)21(19)26-14-27-24/h4-7,11,14,16-17H,8-10,12-13H2,1-3H3,(H,28,30). The lowest BCUT2D eigenvalue weighted by Crippen LogP contribution is -2.50. The van der Waals surface area contributed by atoms with E-state index in [4.69, 9.17) is 23.7 Å². The first kappa shape index (κ1) is 22.8. The number of methoxy groups -OCH3 is 3. The normalized spacial score (nSPS) is 19.2. The molecule has 5 rings (SSSR count). The van der Waals surface area contributed by atoms with Gasteiger partial charge in [-0.05, 0) is 30.2 Å². The number of nitrogens with zero attached hydrogens (tertiary/aromatic N) is 3. The molecule has 2 atom stereocenters. The maximum atomic E-state index is 12.1. The van der Waals surface area contributed by atoms with E-state index in [9.17, 15) is 4.79 Å². The summed E-state index contributed by atoms with van der Waals surface area (Å²) in [6.45, 7) is 2.14. The molecular weight excluding hydrogens is 452 g/mol. The zero-order valence-electron chi connectivity index (χ0n) is 19.9. The molecule has 0 spiro atoms. The molecule has 1 amide bonds. The van der Waals surface area contributed by atoms with Crippen molar-refractivity contribution in [3.05, 3.63) is 42.2 Å². The van der Waals surface area contributed by atoms with Crippen molar-refractivity contribution in [3.8, 4) is 23.0 Å². The van der Waals surface area contributed by atoms with Gasteiger partial charge >= 0.3 is 6.09 Å². The van der Waals surface area contributed by atoms with Gasteiger partial charge in [0.05, 0.1) is 32.8 Å². The Morgan fingerprint density at radius 3 is 2.51 bits per heavy atom. The Labute approximate surface area is 203 Å². The van der Waals surface area contributed by atoms with E-state index in [2.05, 4.69) is 32.3 Å². The first-order chi connectivity index (χ1) is 17.1. The molecule has 1 N–H and O–H groups in total. The number of benzene rings is 2. The van der Waals surface area contributed by atoms with E-state index in [-0.39, 0.29) is 12.0 Å². The number of amides is 1. The van der Waals surface area contributed by atoms with Crippen LogP contribution in [0.5, 0.6) is 23.0 Å². The zero-order valence-corrected chi connectivity index (χ0v) is 19.9. The third-order valence-electron chi connectivity index (χ3n) is 6.42. The summed E-state index contributed by atoms with van der Waals surface area (Å²) in [5.41, 5.74) is 1.81. The number of alkyl carbamates (subject to hydrolysis) is 1. The summed E-state index contributed by atoms with van der Waals surface area (Å²) in [5, 5.41) is 3.76. The largest absolute Gasteiger partial charge is 0.497 e. The topological polar surface area (TPSA) is 104 Å². The van der Waals surface area contributed by atoms with Crippen LogP contribution in [0.2, 0.25) is 0 Å². The van der Waals surface area contributed by atoms with Crippen molar-refractivity contribution in [2.24, 2.45) is 0 Å². The number of ether oxygens (including phenoxy) is 5. The quantitative estimate of drug-likeness (QED) is 0.590. The molecule has 2 aromatic carbocycles. The minimum absolute atomic E-state index is 0.140. The molecule has 35 heavy (non-hydrogen) atoms. The van der Waals surface area contributed by atoms with Crippen molar-refractivity contribution >= 4 is 22.8 Å². The Balaban J connectivity index is 1.55. The highest BCUT2D eigenvalue weighted by molar-refractivity contribution is 5.97. The zero-order chi connectivity index (χ0) is 24.4. The van der Waals surface area contributed by atoms with Crippen LogP contribution in [0.3, 0.4) is 0 Å². The van der Waals surface area contributed by atoms with Crippen molar-refractivity contribution < 1.29 is 28.5 Å². The Morgan fingerprint density at radius 2 is 1.80 bits per heavy atom. The van der Waals surface area contributed by atoms with Crippen LogP contribution < -0.4 is 29.2 Å². The van der Waals surface area contributed by atoms with Crippen molar-refractivity contribution in [2.75, 3.05) is 52.5 Å². The highest BCUT2D eigenvalue weighted by atomic mass is 16.6. The molecule has 184 valence electrons. The summed E-state index contributed by atoms with van der Waals surface area (Å²) in [7, 11) is 4.61. The van der Waals surface area contributed by atoms with Crippen LogP contribution in [0.15, 0.2) is 36.7 Å². The Morgan fingerprint density at radius 1 is 1.03 bits per heavy atom. The second-order valence-corrected chi connectivity index (χ2v) is 8.47. The van der Waals surface area contributed by atoms with Crippen LogP contribution in [-0.4, -0.2) is 69.7 Å². The summed E-state index contributed by atoms with van der Waals surface area (Å²) in [6, 6.07) is 9.76. The maximum absolute atomic E-state index is 12.1. The van der Waals surface area contributed by atoms with Gasteiger partial charge in [-0.25, -0.2) is 14.8 Å². The van der Waals surface area contributed by atoms with Gasteiger partial charge in [0.2, 0.25) is 5.75 Å². The molecule has 0 saturated carbocycles. The Kier molecular flexibility index (Phi) is 6.35. The fraction of sp³-hybridized carbons (Fsp3) is 0.400. The van der Waals surface area contributed by atoms with Crippen LogP contribution in [0.4, 0.5) is 10.6 Å². The van der Waals surface area contributed by atoms with Gasteiger partial charge in [-0.2, -0.15) is 0 Å². The third-order valence-corrected chi connectivity index (χ3v) is 6.42. The number of rotatable bonds is 5. The van der Waals surface area contributed by atoms with E-state index in [1.807, 2.05) is 18.2 Å². The molecule has 0 aliphatic carbocycles. The van der Waals surface area contributed by atoms with E-state index in [1.165, 1.54) is 13.4 Å². The molecule has 0 radical (unpaired) electrons. The van der Waals surface area contributed by atoms with Gasteiger partial charge in [0.15, 0.2) is 11.5 Å². The summed E-state index contributed by atoms with van der Waals surface area (Å²) >= 11 is 0. The van der Waals surface area contributed by atoms with E-state index >= 15 is 0 Å². The minimum Gasteiger partial charge on any atom is -0.497 e. The number of aromatic nitrogens is 2. The first-order valence-corrected chi connectivity index (χ1v) is 11.5. The number of hydrogen-bond donors (Lipinski definition) is 1. The highest BCUT2D eigenvalue weighted by Crippen LogP contribution is 2.46. The van der Waals surface area contributed by atoms with Crippen LogP contribution in [0, 0.1) is 0 Å². The van der Waals surface area contributed by atoms with Crippen molar-refractivity contribution in [3.63, 3.8) is 0 Å². The average Bonchev–Trinajstić information content (AvgIpc) is 2.92. The minimum atomic E-state index is -0.459.